The van der Waals surface area contributed by atoms with Gasteiger partial charge in [-0.2, -0.15) is 0 Å². The number of esters is 1. The first-order valence-electron chi connectivity index (χ1n) is 4.42. The molecule has 1 aromatic rings. The van der Waals surface area contributed by atoms with Crippen LogP contribution in [0.15, 0.2) is 12.1 Å². The van der Waals surface area contributed by atoms with Gasteiger partial charge >= 0.3 is 5.97 Å². The molecule has 1 aromatic carbocycles. The first-order chi connectivity index (χ1) is 7.45. The molecule has 0 bridgehead atoms. The van der Waals surface area contributed by atoms with Crippen LogP contribution in [0.5, 0.6) is 0 Å². The number of benzene rings is 1. The van der Waals surface area contributed by atoms with Crippen LogP contribution in [0.25, 0.3) is 0 Å². The number of ether oxygens (including phenoxy) is 1. The molecule has 0 aliphatic heterocycles. The van der Waals surface area contributed by atoms with E-state index in [0.717, 1.165) is 12.1 Å². The molecule has 3 nitrogen and oxygen atoms in total. The monoisotopic (exact) mass is 265 g/mol. The third kappa shape index (κ3) is 3.07. The zero-order valence-electron chi connectivity index (χ0n) is 8.47. The molecule has 16 heavy (non-hydrogen) atoms. The summed E-state index contributed by atoms with van der Waals surface area (Å²) < 4.78 is 17.3. The van der Waals surface area contributed by atoms with Gasteiger partial charge in [-0.1, -0.05) is 23.2 Å². The fourth-order valence-corrected chi connectivity index (χ4v) is 1.84. The van der Waals surface area contributed by atoms with Crippen molar-refractivity contribution in [3.8, 4) is 0 Å². The van der Waals surface area contributed by atoms with Crippen molar-refractivity contribution in [1.82, 2.24) is 0 Å². The Kier molecular flexibility index (Phi) is 4.53. The molecule has 1 atom stereocenters. The maximum Gasteiger partial charge on any atom is 0.322 e. The van der Waals surface area contributed by atoms with E-state index in [2.05, 4.69) is 4.74 Å². The zero-order valence-corrected chi connectivity index (χ0v) is 9.98. The number of carbonyl (C=O) groups excluding carboxylic acids is 1. The molecular formula is C10H10Cl2FNO2. The summed E-state index contributed by atoms with van der Waals surface area (Å²) in [5, 5.41) is 0.286. The van der Waals surface area contributed by atoms with Gasteiger partial charge in [0.1, 0.15) is 11.9 Å². The van der Waals surface area contributed by atoms with Gasteiger partial charge < -0.3 is 10.5 Å². The summed E-state index contributed by atoms with van der Waals surface area (Å²) in [6.07, 6.45) is 0.102. The lowest BCUT2D eigenvalue weighted by Gasteiger charge is -2.12. The highest BCUT2D eigenvalue weighted by Gasteiger charge is 2.18. The standard InChI is InChI=1S/C10H10Cl2FNO2/c1-16-10(15)9(14)4-6-7(11)2-5(13)3-8(6)12/h2-3,9H,4,14H2,1H3/t9-/m0/s1. The van der Waals surface area contributed by atoms with Crippen LogP contribution in [0.3, 0.4) is 0 Å². The third-order valence-corrected chi connectivity index (χ3v) is 2.71. The SMILES string of the molecule is COC(=O)[C@@H](N)Cc1c(Cl)cc(F)cc1Cl. The molecule has 0 fully saturated rings. The predicted octanol–water partition coefficient (Wildman–Crippen LogP) is 2.18. The Morgan fingerprint density at radius 3 is 2.44 bits per heavy atom. The Bertz CT molecular complexity index is 389. The normalized spacial score (nSPS) is 12.3. The van der Waals surface area contributed by atoms with Crippen LogP contribution in [0.4, 0.5) is 4.39 Å². The fraction of sp³-hybridized carbons (Fsp3) is 0.300. The summed E-state index contributed by atoms with van der Waals surface area (Å²) in [5.74, 6) is -1.11. The van der Waals surface area contributed by atoms with E-state index in [4.69, 9.17) is 28.9 Å². The summed E-state index contributed by atoms with van der Waals surface area (Å²) in [7, 11) is 1.23. The van der Waals surface area contributed by atoms with Crippen LogP contribution in [0.1, 0.15) is 5.56 Å². The number of carbonyl (C=O) groups is 1. The predicted molar refractivity (Wildman–Crippen MR) is 60.1 cm³/mol. The molecule has 88 valence electrons. The molecule has 0 radical (unpaired) electrons. The number of hydrogen-bond donors (Lipinski definition) is 1. The van der Waals surface area contributed by atoms with Crippen molar-refractivity contribution < 1.29 is 13.9 Å². The number of hydrogen-bond acceptors (Lipinski definition) is 3. The molecule has 0 aliphatic carbocycles. The number of rotatable bonds is 3. The lowest BCUT2D eigenvalue weighted by Crippen LogP contribution is -2.33. The Morgan fingerprint density at radius 2 is 2.00 bits per heavy atom. The van der Waals surface area contributed by atoms with E-state index in [9.17, 15) is 9.18 Å². The Hall–Kier alpha value is -0.840. The van der Waals surface area contributed by atoms with Gasteiger partial charge in [-0.3, -0.25) is 4.79 Å². The molecular weight excluding hydrogens is 256 g/mol. The molecule has 2 N–H and O–H groups in total. The van der Waals surface area contributed by atoms with Crippen molar-refractivity contribution in [2.75, 3.05) is 7.11 Å². The second-order valence-corrected chi connectivity index (χ2v) is 4.00. The van der Waals surface area contributed by atoms with E-state index < -0.39 is 17.8 Å². The minimum atomic E-state index is -0.870. The van der Waals surface area contributed by atoms with E-state index in [1.807, 2.05) is 0 Å². The molecule has 0 amide bonds. The van der Waals surface area contributed by atoms with Gasteiger partial charge in [0.05, 0.1) is 7.11 Å². The van der Waals surface area contributed by atoms with Crippen LogP contribution in [0.2, 0.25) is 10.0 Å². The van der Waals surface area contributed by atoms with Crippen LogP contribution in [-0.4, -0.2) is 19.1 Å². The topological polar surface area (TPSA) is 52.3 Å². The van der Waals surface area contributed by atoms with Crippen molar-refractivity contribution in [2.24, 2.45) is 5.73 Å². The third-order valence-electron chi connectivity index (χ3n) is 2.03. The molecule has 0 aliphatic rings. The van der Waals surface area contributed by atoms with Gasteiger partial charge in [0.15, 0.2) is 0 Å². The number of methoxy groups -OCH3 is 1. The van der Waals surface area contributed by atoms with Gasteiger partial charge in [0.25, 0.3) is 0 Å². The summed E-state index contributed by atoms with van der Waals surface area (Å²) >= 11 is 11.6. The van der Waals surface area contributed by atoms with Gasteiger partial charge in [0, 0.05) is 16.5 Å². The van der Waals surface area contributed by atoms with Crippen LogP contribution in [-0.2, 0) is 16.0 Å². The molecule has 1 rings (SSSR count). The van der Waals surface area contributed by atoms with E-state index >= 15 is 0 Å². The van der Waals surface area contributed by atoms with Crippen LogP contribution >= 0.6 is 23.2 Å². The quantitative estimate of drug-likeness (QED) is 0.853. The maximum atomic E-state index is 12.9. The fourth-order valence-electron chi connectivity index (χ4n) is 1.22. The number of halogens is 3. The summed E-state index contributed by atoms with van der Waals surface area (Å²) in [6, 6.07) is 1.37. The Morgan fingerprint density at radius 1 is 1.50 bits per heavy atom. The average Bonchev–Trinajstić information content (AvgIpc) is 2.21. The zero-order chi connectivity index (χ0) is 12.3. The summed E-state index contributed by atoms with van der Waals surface area (Å²) in [6.45, 7) is 0. The first kappa shape index (κ1) is 13.2. The Balaban J connectivity index is 2.93. The first-order valence-corrected chi connectivity index (χ1v) is 5.18. The molecule has 6 heteroatoms. The molecule has 0 heterocycles. The van der Waals surface area contributed by atoms with Crippen LogP contribution in [0, 0.1) is 5.82 Å². The van der Waals surface area contributed by atoms with Crippen LogP contribution < -0.4 is 5.73 Å². The number of nitrogens with two attached hydrogens (primary N) is 1. The summed E-state index contributed by atoms with van der Waals surface area (Å²) in [4.78, 5) is 11.1. The van der Waals surface area contributed by atoms with Crippen molar-refractivity contribution in [3.63, 3.8) is 0 Å². The van der Waals surface area contributed by atoms with Crippen molar-refractivity contribution in [1.29, 1.82) is 0 Å². The smallest absolute Gasteiger partial charge is 0.322 e. The lowest BCUT2D eigenvalue weighted by atomic mass is 10.1. The molecule has 0 saturated carbocycles. The highest BCUT2D eigenvalue weighted by atomic mass is 35.5. The Labute approximate surface area is 102 Å². The van der Waals surface area contributed by atoms with Gasteiger partial charge in [0.2, 0.25) is 0 Å². The molecule has 0 spiro atoms. The maximum absolute atomic E-state index is 12.9. The van der Waals surface area contributed by atoms with E-state index in [0.29, 0.717) is 5.56 Å². The highest BCUT2D eigenvalue weighted by molar-refractivity contribution is 6.36. The van der Waals surface area contributed by atoms with Crippen molar-refractivity contribution >= 4 is 29.2 Å². The lowest BCUT2D eigenvalue weighted by molar-refractivity contribution is -0.142. The average molecular weight is 266 g/mol. The van der Waals surface area contributed by atoms with E-state index in [1.165, 1.54) is 7.11 Å². The van der Waals surface area contributed by atoms with E-state index in [-0.39, 0.29) is 16.5 Å². The minimum absolute atomic E-state index is 0.102. The summed E-state index contributed by atoms with van der Waals surface area (Å²) in [5.41, 5.74) is 5.98. The van der Waals surface area contributed by atoms with Crippen molar-refractivity contribution in [2.45, 2.75) is 12.5 Å². The van der Waals surface area contributed by atoms with Gasteiger partial charge in [-0.15, -0.1) is 0 Å². The minimum Gasteiger partial charge on any atom is -0.468 e. The molecule has 0 unspecified atom stereocenters. The second kappa shape index (κ2) is 5.48. The van der Waals surface area contributed by atoms with Gasteiger partial charge in [-0.25, -0.2) is 4.39 Å². The molecule has 0 aromatic heterocycles. The van der Waals surface area contributed by atoms with E-state index in [1.54, 1.807) is 0 Å². The highest BCUT2D eigenvalue weighted by Crippen LogP contribution is 2.27. The van der Waals surface area contributed by atoms with Gasteiger partial charge in [-0.05, 0) is 17.7 Å². The molecule has 0 saturated heterocycles. The largest absolute Gasteiger partial charge is 0.468 e. The second-order valence-electron chi connectivity index (χ2n) is 3.18. The van der Waals surface area contributed by atoms with Crippen molar-refractivity contribution in [3.05, 3.63) is 33.6 Å².